The summed E-state index contributed by atoms with van der Waals surface area (Å²) in [5, 5.41) is 9.91. The fourth-order valence-corrected chi connectivity index (χ4v) is 3.47. The summed E-state index contributed by atoms with van der Waals surface area (Å²) in [5.74, 6) is 0.675. The number of aromatic nitrogens is 2. The lowest BCUT2D eigenvalue weighted by Gasteiger charge is -2.13. The van der Waals surface area contributed by atoms with Crippen molar-refractivity contribution in [3.63, 3.8) is 0 Å². The molecule has 0 aliphatic heterocycles. The topological polar surface area (TPSA) is 80.0 Å². The molecule has 2 aromatic carbocycles. The number of alkyl halides is 3. The maximum Gasteiger partial charge on any atom is 0.416 e. The van der Waals surface area contributed by atoms with E-state index in [0.29, 0.717) is 23.4 Å². The number of anilines is 2. The van der Waals surface area contributed by atoms with Gasteiger partial charge in [0.25, 0.3) is 0 Å². The first kappa shape index (κ1) is 21.6. The zero-order valence-electron chi connectivity index (χ0n) is 17.0. The largest absolute Gasteiger partial charge is 0.416 e. The van der Waals surface area contributed by atoms with E-state index in [-0.39, 0.29) is 30.1 Å². The Bertz CT molecular complexity index is 1110. The summed E-state index contributed by atoms with van der Waals surface area (Å²) in [6.45, 7) is 0.186. The Morgan fingerprint density at radius 2 is 1.84 bits per heavy atom. The summed E-state index contributed by atoms with van der Waals surface area (Å²) >= 11 is 0. The minimum absolute atomic E-state index is 0.0572. The van der Waals surface area contributed by atoms with Gasteiger partial charge < -0.3 is 15.2 Å². The number of allylic oxidation sites excluding steroid dienone is 2. The molecule has 1 aliphatic carbocycles. The monoisotopic (exact) mass is 442 g/mol. The fraction of sp³-hybridized carbons (Fsp3) is 0.261. The molecular weight excluding hydrogens is 421 g/mol. The van der Waals surface area contributed by atoms with Gasteiger partial charge in [-0.1, -0.05) is 41.6 Å². The lowest BCUT2D eigenvalue weighted by molar-refractivity contribution is -0.137. The van der Waals surface area contributed by atoms with Crippen molar-refractivity contribution in [2.24, 2.45) is 5.92 Å². The van der Waals surface area contributed by atoms with Gasteiger partial charge in [0.05, 0.1) is 23.5 Å². The third kappa shape index (κ3) is 5.35. The number of carbonyl (C=O) groups is 1. The Morgan fingerprint density at radius 1 is 1.09 bits per heavy atom. The first-order valence-electron chi connectivity index (χ1n) is 10.2. The molecule has 0 spiro atoms. The van der Waals surface area contributed by atoms with Crippen molar-refractivity contribution in [2.45, 2.75) is 32.0 Å². The smallest absolute Gasteiger partial charge is 0.374 e. The maximum atomic E-state index is 12.7. The van der Waals surface area contributed by atoms with E-state index in [9.17, 15) is 18.0 Å². The van der Waals surface area contributed by atoms with Crippen LogP contribution in [0.2, 0.25) is 0 Å². The lowest BCUT2D eigenvalue weighted by atomic mass is 10.0. The Labute approximate surface area is 182 Å². The molecule has 0 radical (unpaired) electrons. The molecule has 1 atom stereocenters. The molecule has 166 valence electrons. The lowest BCUT2D eigenvalue weighted by Crippen LogP contribution is -2.16. The molecule has 32 heavy (non-hydrogen) atoms. The molecule has 0 bridgehead atoms. The van der Waals surface area contributed by atoms with Gasteiger partial charge >= 0.3 is 6.18 Å². The number of carbonyl (C=O) groups excluding carboxylic acids is 1. The van der Waals surface area contributed by atoms with Crippen molar-refractivity contribution >= 4 is 17.3 Å². The van der Waals surface area contributed by atoms with Gasteiger partial charge in [0.15, 0.2) is 0 Å². The molecule has 1 unspecified atom stereocenters. The second-order valence-electron chi connectivity index (χ2n) is 7.50. The van der Waals surface area contributed by atoms with Crippen LogP contribution in [-0.4, -0.2) is 16.0 Å². The van der Waals surface area contributed by atoms with Crippen molar-refractivity contribution in [1.29, 1.82) is 0 Å². The van der Waals surface area contributed by atoms with Crippen LogP contribution in [0.25, 0.3) is 11.4 Å². The number of benzene rings is 2. The highest BCUT2D eigenvalue weighted by molar-refractivity contribution is 5.94. The van der Waals surface area contributed by atoms with Crippen LogP contribution in [0.5, 0.6) is 0 Å². The average Bonchev–Trinajstić information content (AvgIpc) is 3.45. The Hall–Kier alpha value is -3.62. The minimum Gasteiger partial charge on any atom is -0.374 e. The molecule has 0 fully saturated rings. The molecule has 1 aliphatic rings. The predicted octanol–water partition coefficient (Wildman–Crippen LogP) is 5.66. The highest BCUT2D eigenvalue weighted by Crippen LogP contribution is 2.30. The third-order valence-corrected chi connectivity index (χ3v) is 5.13. The van der Waals surface area contributed by atoms with E-state index < -0.39 is 11.7 Å². The van der Waals surface area contributed by atoms with E-state index in [1.54, 1.807) is 6.07 Å². The standard InChI is InChI=1S/C23H21F3N4O2/c24-23(25,26)17-11-9-16(10-12-17)22-29-21(32-30-22)14-27-18-7-3-4-8-19(18)28-20(31)13-15-5-1-2-6-15/h1,3-5,7-12,15,27H,2,6,13-14H2,(H,28,31). The van der Waals surface area contributed by atoms with Crippen molar-refractivity contribution in [3.05, 3.63) is 72.1 Å². The number of nitrogens with zero attached hydrogens (tertiary/aromatic N) is 2. The van der Waals surface area contributed by atoms with Gasteiger partial charge in [-0.15, -0.1) is 0 Å². The van der Waals surface area contributed by atoms with E-state index in [1.165, 1.54) is 12.1 Å². The molecular formula is C23H21F3N4O2. The highest BCUT2D eigenvalue weighted by Gasteiger charge is 2.30. The van der Waals surface area contributed by atoms with Crippen molar-refractivity contribution in [1.82, 2.24) is 10.1 Å². The zero-order chi connectivity index (χ0) is 22.6. The zero-order valence-corrected chi connectivity index (χ0v) is 17.0. The Morgan fingerprint density at radius 3 is 2.53 bits per heavy atom. The molecule has 2 N–H and O–H groups in total. The number of halogens is 3. The van der Waals surface area contributed by atoms with Crippen molar-refractivity contribution in [3.8, 4) is 11.4 Å². The van der Waals surface area contributed by atoms with Gasteiger partial charge in [0.1, 0.15) is 0 Å². The van der Waals surface area contributed by atoms with Crippen LogP contribution >= 0.6 is 0 Å². The first-order chi connectivity index (χ1) is 15.4. The van der Waals surface area contributed by atoms with E-state index in [4.69, 9.17) is 4.52 Å². The fourth-order valence-electron chi connectivity index (χ4n) is 3.47. The summed E-state index contributed by atoms with van der Waals surface area (Å²) in [7, 11) is 0. The molecule has 1 aromatic heterocycles. The van der Waals surface area contributed by atoms with Gasteiger partial charge in [0.2, 0.25) is 17.6 Å². The van der Waals surface area contributed by atoms with Crippen LogP contribution in [0.3, 0.4) is 0 Å². The molecule has 4 rings (SSSR count). The highest BCUT2D eigenvalue weighted by atomic mass is 19.4. The van der Waals surface area contributed by atoms with E-state index >= 15 is 0 Å². The number of para-hydroxylation sites is 2. The van der Waals surface area contributed by atoms with Crippen molar-refractivity contribution < 1.29 is 22.5 Å². The third-order valence-electron chi connectivity index (χ3n) is 5.13. The van der Waals surface area contributed by atoms with Gasteiger partial charge in [0, 0.05) is 12.0 Å². The van der Waals surface area contributed by atoms with E-state index in [0.717, 1.165) is 25.0 Å². The van der Waals surface area contributed by atoms with Crippen LogP contribution in [0.1, 0.15) is 30.7 Å². The number of rotatable bonds is 7. The van der Waals surface area contributed by atoms with Crippen molar-refractivity contribution in [2.75, 3.05) is 10.6 Å². The van der Waals surface area contributed by atoms with E-state index in [2.05, 4.69) is 32.9 Å². The second kappa shape index (κ2) is 9.25. The summed E-state index contributed by atoms with van der Waals surface area (Å²) in [6, 6.07) is 11.8. The summed E-state index contributed by atoms with van der Waals surface area (Å²) in [6.07, 6.45) is 2.21. The molecule has 0 saturated carbocycles. The first-order valence-corrected chi connectivity index (χ1v) is 10.2. The maximum absolute atomic E-state index is 12.7. The van der Waals surface area contributed by atoms with Crippen LogP contribution in [0.15, 0.2) is 65.2 Å². The van der Waals surface area contributed by atoms with Gasteiger partial charge in [-0.2, -0.15) is 18.2 Å². The number of hydrogen-bond acceptors (Lipinski definition) is 5. The SMILES string of the molecule is O=C(CC1C=CCC1)Nc1ccccc1NCc1nc(-c2ccc(C(F)(F)F)cc2)no1. The van der Waals surface area contributed by atoms with Gasteiger partial charge in [-0.3, -0.25) is 4.79 Å². The average molecular weight is 442 g/mol. The molecule has 1 amide bonds. The molecule has 1 heterocycles. The summed E-state index contributed by atoms with van der Waals surface area (Å²) in [5.41, 5.74) is 1.01. The van der Waals surface area contributed by atoms with Crippen LogP contribution in [0, 0.1) is 5.92 Å². The summed E-state index contributed by atoms with van der Waals surface area (Å²) in [4.78, 5) is 16.6. The van der Waals surface area contributed by atoms with Crippen LogP contribution in [-0.2, 0) is 17.5 Å². The number of hydrogen-bond donors (Lipinski definition) is 2. The Balaban J connectivity index is 1.38. The van der Waals surface area contributed by atoms with E-state index in [1.807, 2.05) is 18.2 Å². The normalized spacial score (nSPS) is 15.7. The minimum atomic E-state index is -4.40. The van der Waals surface area contributed by atoms with Gasteiger partial charge in [-0.05, 0) is 43.0 Å². The molecule has 6 nitrogen and oxygen atoms in total. The molecule has 0 saturated heterocycles. The summed E-state index contributed by atoms with van der Waals surface area (Å²) < 4.78 is 43.3. The second-order valence-corrected chi connectivity index (χ2v) is 7.50. The van der Waals surface area contributed by atoms with Crippen LogP contribution in [0.4, 0.5) is 24.5 Å². The quantitative estimate of drug-likeness (QED) is 0.462. The Kier molecular flexibility index (Phi) is 6.25. The van der Waals surface area contributed by atoms with Crippen LogP contribution < -0.4 is 10.6 Å². The molecule has 9 heteroatoms. The number of amides is 1. The predicted molar refractivity (Wildman–Crippen MR) is 114 cm³/mol. The molecule has 3 aromatic rings. The number of nitrogens with one attached hydrogen (secondary N) is 2. The van der Waals surface area contributed by atoms with Gasteiger partial charge in [-0.25, -0.2) is 0 Å².